The Bertz CT molecular complexity index is 855. The molecule has 2 aromatic rings. The lowest BCUT2D eigenvalue weighted by molar-refractivity contribution is 0.0933. The molecule has 0 unspecified atom stereocenters. The molecule has 2 heterocycles. The number of hydrogen-bond donors (Lipinski definition) is 1. The predicted octanol–water partition coefficient (Wildman–Crippen LogP) is 2.10. The first-order valence-electron chi connectivity index (χ1n) is 8.98. The Balaban J connectivity index is 1.67. The molecule has 0 spiro atoms. The molecular formula is C19H25N3O4S. The van der Waals surface area contributed by atoms with Crippen LogP contribution in [0.1, 0.15) is 35.0 Å². The summed E-state index contributed by atoms with van der Waals surface area (Å²) in [5.41, 5.74) is 0.423. The van der Waals surface area contributed by atoms with Gasteiger partial charge in [-0.3, -0.25) is 9.69 Å². The molecule has 7 nitrogen and oxygen atoms in total. The van der Waals surface area contributed by atoms with Gasteiger partial charge >= 0.3 is 0 Å². The zero-order valence-corrected chi connectivity index (χ0v) is 16.4. The van der Waals surface area contributed by atoms with Gasteiger partial charge in [0.25, 0.3) is 5.91 Å². The van der Waals surface area contributed by atoms with Gasteiger partial charge in [-0.1, -0.05) is 0 Å². The first-order chi connectivity index (χ1) is 12.9. The van der Waals surface area contributed by atoms with Crippen LogP contribution in [-0.2, 0) is 10.0 Å². The summed E-state index contributed by atoms with van der Waals surface area (Å²) < 4.78 is 30.9. The quantitative estimate of drug-likeness (QED) is 0.782. The Labute approximate surface area is 160 Å². The van der Waals surface area contributed by atoms with Gasteiger partial charge < -0.3 is 9.73 Å². The van der Waals surface area contributed by atoms with E-state index in [1.807, 2.05) is 12.1 Å². The molecule has 0 bridgehead atoms. The van der Waals surface area contributed by atoms with Crippen molar-refractivity contribution >= 4 is 15.9 Å². The van der Waals surface area contributed by atoms with Crippen molar-refractivity contribution in [1.29, 1.82) is 0 Å². The first kappa shape index (κ1) is 19.6. The fourth-order valence-electron chi connectivity index (χ4n) is 3.22. The summed E-state index contributed by atoms with van der Waals surface area (Å²) in [7, 11) is -0.553. The van der Waals surface area contributed by atoms with Crippen molar-refractivity contribution < 1.29 is 17.6 Å². The molecule has 27 heavy (non-hydrogen) atoms. The number of nitrogens with one attached hydrogen (secondary N) is 1. The third kappa shape index (κ3) is 4.40. The van der Waals surface area contributed by atoms with Crippen LogP contribution in [0, 0.1) is 0 Å². The average Bonchev–Trinajstić information content (AvgIpc) is 3.36. The molecular weight excluding hydrogens is 366 g/mol. The van der Waals surface area contributed by atoms with Gasteiger partial charge in [0.15, 0.2) is 0 Å². The topological polar surface area (TPSA) is 82.9 Å². The Morgan fingerprint density at radius 3 is 2.41 bits per heavy atom. The van der Waals surface area contributed by atoms with Crippen LogP contribution in [-0.4, -0.2) is 57.3 Å². The first-order valence-corrected chi connectivity index (χ1v) is 10.4. The second kappa shape index (κ2) is 8.24. The van der Waals surface area contributed by atoms with Crippen LogP contribution in [0.15, 0.2) is 52.0 Å². The van der Waals surface area contributed by atoms with E-state index in [1.54, 1.807) is 6.26 Å². The highest BCUT2D eigenvalue weighted by molar-refractivity contribution is 7.89. The molecule has 1 amide bonds. The number of furan rings is 1. The van der Waals surface area contributed by atoms with Crippen LogP contribution in [0.25, 0.3) is 0 Å². The second-order valence-corrected chi connectivity index (χ2v) is 8.95. The Hall–Kier alpha value is -2.16. The summed E-state index contributed by atoms with van der Waals surface area (Å²) in [6, 6.07) is 9.75. The predicted molar refractivity (Wildman–Crippen MR) is 102 cm³/mol. The number of sulfonamides is 1. The fourth-order valence-corrected chi connectivity index (χ4v) is 4.13. The molecule has 1 aromatic carbocycles. The maximum absolute atomic E-state index is 12.5. The van der Waals surface area contributed by atoms with Crippen molar-refractivity contribution in [3.05, 3.63) is 54.0 Å². The van der Waals surface area contributed by atoms with Crippen molar-refractivity contribution in [3.63, 3.8) is 0 Å². The van der Waals surface area contributed by atoms with Crippen LogP contribution in [0.5, 0.6) is 0 Å². The number of likely N-dealkylation sites (tertiary alicyclic amines) is 1. The van der Waals surface area contributed by atoms with E-state index in [1.165, 1.54) is 38.4 Å². The van der Waals surface area contributed by atoms with E-state index in [0.717, 1.165) is 36.0 Å². The SMILES string of the molecule is CN(C)S(=O)(=O)c1ccc(C(=O)NC[C@H](c2ccco2)N2CCCC2)cc1. The van der Waals surface area contributed by atoms with E-state index in [-0.39, 0.29) is 16.8 Å². The largest absolute Gasteiger partial charge is 0.468 e. The van der Waals surface area contributed by atoms with E-state index in [2.05, 4.69) is 10.2 Å². The van der Waals surface area contributed by atoms with Gasteiger partial charge in [0.05, 0.1) is 17.2 Å². The van der Waals surface area contributed by atoms with Crippen LogP contribution >= 0.6 is 0 Å². The standard InChI is InChI=1S/C19H25N3O4S/c1-21(2)27(24,25)16-9-7-15(8-10-16)19(23)20-14-17(18-6-5-13-26-18)22-11-3-4-12-22/h5-10,13,17H,3-4,11-12,14H2,1-2H3,(H,20,23)/t17-/m1/s1. The Morgan fingerprint density at radius 2 is 1.85 bits per heavy atom. The van der Waals surface area contributed by atoms with Crippen LogP contribution in [0.2, 0.25) is 0 Å². The van der Waals surface area contributed by atoms with E-state index in [4.69, 9.17) is 4.42 Å². The number of hydrogen-bond acceptors (Lipinski definition) is 5. The zero-order valence-electron chi connectivity index (χ0n) is 15.6. The van der Waals surface area contributed by atoms with E-state index in [9.17, 15) is 13.2 Å². The normalized spacial score (nSPS) is 16.6. The molecule has 1 N–H and O–H groups in total. The number of benzene rings is 1. The highest BCUT2D eigenvalue weighted by Gasteiger charge is 2.26. The molecule has 1 fully saturated rings. The van der Waals surface area contributed by atoms with Gasteiger partial charge in [-0.2, -0.15) is 0 Å². The van der Waals surface area contributed by atoms with Crippen molar-refractivity contribution in [1.82, 2.24) is 14.5 Å². The highest BCUT2D eigenvalue weighted by Crippen LogP contribution is 2.25. The maximum Gasteiger partial charge on any atom is 0.251 e. The number of carbonyl (C=O) groups excluding carboxylic acids is 1. The summed E-state index contributed by atoms with van der Waals surface area (Å²) in [5.74, 6) is 0.601. The van der Waals surface area contributed by atoms with E-state index < -0.39 is 10.0 Å². The number of rotatable bonds is 7. The minimum absolute atomic E-state index is 0.000146. The van der Waals surface area contributed by atoms with Gasteiger partial charge in [0.2, 0.25) is 10.0 Å². The fraction of sp³-hybridized carbons (Fsp3) is 0.421. The summed E-state index contributed by atoms with van der Waals surface area (Å²) in [6.07, 6.45) is 3.93. The molecule has 3 rings (SSSR count). The van der Waals surface area contributed by atoms with Gasteiger partial charge in [0.1, 0.15) is 5.76 Å². The highest BCUT2D eigenvalue weighted by atomic mass is 32.2. The molecule has 1 aromatic heterocycles. The van der Waals surface area contributed by atoms with Gasteiger partial charge in [-0.05, 0) is 62.3 Å². The van der Waals surface area contributed by atoms with Crippen LogP contribution in [0.4, 0.5) is 0 Å². The third-order valence-corrected chi connectivity index (χ3v) is 6.63. The Kier molecular flexibility index (Phi) is 5.98. The maximum atomic E-state index is 12.5. The molecule has 1 atom stereocenters. The molecule has 1 saturated heterocycles. The molecule has 146 valence electrons. The monoisotopic (exact) mass is 391 g/mol. The van der Waals surface area contributed by atoms with Gasteiger partial charge in [0, 0.05) is 26.2 Å². The molecule has 8 heteroatoms. The van der Waals surface area contributed by atoms with Crippen molar-refractivity contribution in [2.24, 2.45) is 0 Å². The lowest BCUT2D eigenvalue weighted by Gasteiger charge is -2.26. The molecule has 1 aliphatic heterocycles. The zero-order chi connectivity index (χ0) is 19.4. The average molecular weight is 391 g/mol. The van der Waals surface area contributed by atoms with Gasteiger partial charge in [-0.25, -0.2) is 12.7 Å². The molecule has 0 radical (unpaired) electrons. The smallest absolute Gasteiger partial charge is 0.251 e. The Morgan fingerprint density at radius 1 is 1.19 bits per heavy atom. The number of nitrogens with zero attached hydrogens (tertiary/aromatic N) is 2. The van der Waals surface area contributed by atoms with E-state index >= 15 is 0 Å². The summed E-state index contributed by atoms with van der Waals surface area (Å²) >= 11 is 0. The molecule has 0 saturated carbocycles. The van der Waals surface area contributed by atoms with Gasteiger partial charge in [-0.15, -0.1) is 0 Å². The summed E-state index contributed by atoms with van der Waals surface area (Å²) in [4.78, 5) is 15.0. The summed E-state index contributed by atoms with van der Waals surface area (Å²) in [5, 5.41) is 2.94. The summed E-state index contributed by atoms with van der Waals surface area (Å²) in [6.45, 7) is 2.40. The lowest BCUT2D eigenvalue weighted by Crippen LogP contribution is -2.36. The van der Waals surface area contributed by atoms with Crippen molar-refractivity contribution in [2.45, 2.75) is 23.8 Å². The minimum atomic E-state index is -3.50. The lowest BCUT2D eigenvalue weighted by atomic mass is 10.1. The molecule has 0 aliphatic carbocycles. The minimum Gasteiger partial charge on any atom is -0.468 e. The van der Waals surface area contributed by atoms with Crippen LogP contribution < -0.4 is 5.32 Å². The number of amides is 1. The molecule has 1 aliphatic rings. The third-order valence-electron chi connectivity index (χ3n) is 4.80. The number of carbonyl (C=O) groups is 1. The van der Waals surface area contributed by atoms with Crippen molar-refractivity contribution in [2.75, 3.05) is 33.7 Å². The van der Waals surface area contributed by atoms with Crippen LogP contribution in [0.3, 0.4) is 0 Å². The van der Waals surface area contributed by atoms with E-state index in [0.29, 0.717) is 12.1 Å². The van der Waals surface area contributed by atoms with Crippen molar-refractivity contribution in [3.8, 4) is 0 Å². The second-order valence-electron chi connectivity index (χ2n) is 6.80.